The Morgan fingerprint density at radius 1 is 1.15 bits per heavy atom. The molecule has 2 aromatic carbocycles. The first-order valence-corrected chi connectivity index (χ1v) is 12.0. The molecule has 5 rings (SSSR count). The highest BCUT2D eigenvalue weighted by Gasteiger charge is 2.29. The van der Waals surface area contributed by atoms with Gasteiger partial charge in [0.1, 0.15) is 0 Å². The average molecular weight is 484 g/mol. The van der Waals surface area contributed by atoms with Gasteiger partial charge in [-0.2, -0.15) is 5.10 Å². The number of sulfonamides is 1. The SMILES string of the molecule is NS(=O)(=O)c1cccc(NC(=O)Oc2cnn3c(C4CC4)cc(-c4ccc(Cl)cc4)nc23)c1. The largest absolute Gasteiger partial charge is 0.417 e. The van der Waals surface area contributed by atoms with Crippen molar-refractivity contribution in [2.24, 2.45) is 5.14 Å². The van der Waals surface area contributed by atoms with Crippen molar-refractivity contribution in [1.29, 1.82) is 0 Å². The quantitative estimate of drug-likeness (QED) is 0.438. The Balaban J connectivity index is 1.46. The summed E-state index contributed by atoms with van der Waals surface area (Å²) in [5.41, 5.74) is 3.20. The maximum absolute atomic E-state index is 12.5. The number of nitrogens with zero attached hydrogens (tertiary/aromatic N) is 3. The van der Waals surface area contributed by atoms with Crippen LogP contribution in [0.4, 0.5) is 10.5 Å². The van der Waals surface area contributed by atoms with Gasteiger partial charge in [0.25, 0.3) is 0 Å². The highest BCUT2D eigenvalue weighted by molar-refractivity contribution is 7.89. The second-order valence-corrected chi connectivity index (χ2v) is 9.68. The van der Waals surface area contributed by atoms with Gasteiger partial charge in [0.15, 0.2) is 11.4 Å². The third-order valence-corrected chi connectivity index (χ3v) is 6.38. The van der Waals surface area contributed by atoms with Crippen LogP contribution in [0.1, 0.15) is 24.5 Å². The molecule has 0 radical (unpaired) electrons. The molecule has 3 N–H and O–H groups in total. The van der Waals surface area contributed by atoms with Gasteiger partial charge < -0.3 is 4.74 Å². The minimum Gasteiger partial charge on any atom is -0.404 e. The van der Waals surface area contributed by atoms with E-state index in [9.17, 15) is 13.2 Å². The summed E-state index contributed by atoms with van der Waals surface area (Å²) in [5.74, 6) is 0.539. The number of nitrogens with one attached hydrogen (secondary N) is 1. The number of rotatable bonds is 5. The molecule has 9 nitrogen and oxygen atoms in total. The topological polar surface area (TPSA) is 129 Å². The fourth-order valence-electron chi connectivity index (χ4n) is 3.47. The fourth-order valence-corrected chi connectivity index (χ4v) is 4.16. The van der Waals surface area contributed by atoms with E-state index in [1.165, 1.54) is 30.5 Å². The van der Waals surface area contributed by atoms with Gasteiger partial charge >= 0.3 is 6.09 Å². The molecule has 0 spiro atoms. The molecule has 0 aliphatic heterocycles. The number of benzene rings is 2. The van der Waals surface area contributed by atoms with E-state index in [4.69, 9.17) is 21.5 Å². The molecule has 33 heavy (non-hydrogen) atoms. The van der Waals surface area contributed by atoms with E-state index in [-0.39, 0.29) is 16.3 Å². The summed E-state index contributed by atoms with van der Waals surface area (Å²) in [7, 11) is -3.90. The van der Waals surface area contributed by atoms with Gasteiger partial charge in [0.2, 0.25) is 10.0 Å². The van der Waals surface area contributed by atoms with Crippen LogP contribution in [0.5, 0.6) is 5.75 Å². The van der Waals surface area contributed by atoms with Crippen LogP contribution in [0.25, 0.3) is 16.9 Å². The van der Waals surface area contributed by atoms with E-state index in [2.05, 4.69) is 15.4 Å². The number of aromatic nitrogens is 3. The Morgan fingerprint density at radius 3 is 2.61 bits per heavy atom. The number of carbonyl (C=O) groups excluding carboxylic acids is 1. The third-order valence-electron chi connectivity index (χ3n) is 5.21. The Kier molecular flexibility index (Phi) is 5.28. The number of hydrogen-bond acceptors (Lipinski definition) is 6. The second-order valence-electron chi connectivity index (χ2n) is 7.68. The molecule has 1 amide bonds. The first-order valence-electron chi connectivity index (χ1n) is 10.0. The Morgan fingerprint density at radius 2 is 1.91 bits per heavy atom. The van der Waals surface area contributed by atoms with Crippen molar-refractivity contribution in [2.75, 3.05) is 5.32 Å². The molecule has 0 unspecified atom stereocenters. The number of fused-ring (bicyclic) bond motifs is 1. The first-order chi connectivity index (χ1) is 15.8. The minimum atomic E-state index is -3.90. The Hall–Kier alpha value is -3.47. The number of primary sulfonamides is 1. The number of halogens is 1. The maximum atomic E-state index is 12.5. The van der Waals surface area contributed by atoms with E-state index >= 15 is 0 Å². The van der Waals surface area contributed by atoms with Crippen LogP contribution in [-0.2, 0) is 10.0 Å². The van der Waals surface area contributed by atoms with Crippen LogP contribution in [0.3, 0.4) is 0 Å². The molecule has 1 fully saturated rings. The normalized spacial score (nSPS) is 13.8. The van der Waals surface area contributed by atoms with Gasteiger partial charge in [-0.3, -0.25) is 5.32 Å². The number of amides is 1. The minimum absolute atomic E-state index is 0.125. The fraction of sp³-hybridized carbons (Fsp3) is 0.136. The van der Waals surface area contributed by atoms with Crippen molar-refractivity contribution >= 4 is 39.1 Å². The predicted octanol–water partition coefficient (Wildman–Crippen LogP) is 4.19. The molecule has 4 aromatic rings. The number of ether oxygens (including phenoxy) is 1. The van der Waals surface area contributed by atoms with E-state index in [0.29, 0.717) is 22.3 Å². The summed E-state index contributed by atoms with van der Waals surface area (Å²) in [5, 5.41) is 12.6. The highest BCUT2D eigenvalue weighted by atomic mass is 35.5. The average Bonchev–Trinajstić information content (AvgIpc) is 3.55. The Labute approximate surface area is 194 Å². The lowest BCUT2D eigenvalue weighted by Gasteiger charge is -2.09. The number of nitrogens with two attached hydrogens (primary N) is 1. The molecule has 1 aliphatic carbocycles. The van der Waals surface area contributed by atoms with Gasteiger partial charge in [0, 0.05) is 27.9 Å². The molecular formula is C22H18ClN5O4S. The number of anilines is 1. The van der Waals surface area contributed by atoms with Crippen LogP contribution < -0.4 is 15.2 Å². The zero-order valence-corrected chi connectivity index (χ0v) is 18.7. The summed E-state index contributed by atoms with van der Waals surface area (Å²) in [6, 6.07) is 14.9. The molecule has 11 heteroatoms. The van der Waals surface area contributed by atoms with Gasteiger partial charge in [0.05, 0.1) is 16.8 Å². The van der Waals surface area contributed by atoms with Crippen molar-refractivity contribution in [1.82, 2.24) is 14.6 Å². The summed E-state index contributed by atoms with van der Waals surface area (Å²) >= 11 is 6.01. The molecule has 0 bridgehead atoms. The molecular weight excluding hydrogens is 466 g/mol. The number of carbonyl (C=O) groups is 1. The third kappa shape index (κ3) is 4.54. The van der Waals surface area contributed by atoms with Gasteiger partial charge in [-0.1, -0.05) is 29.8 Å². The lowest BCUT2D eigenvalue weighted by atomic mass is 10.1. The van der Waals surface area contributed by atoms with Crippen LogP contribution >= 0.6 is 11.6 Å². The van der Waals surface area contributed by atoms with E-state index in [1.807, 2.05) is 18.2 Å². The molecule has 2 heterocycles. The van der Waals surface area contributed by atoms with Crippen LogP contribution in [0.15, 0.2) is 65.7 Å². The Bertz CT molecular complexity index is 1480. The first kappa shape index (κ1) is 21.4. The zero-order valence-electron chi connectivity index (χ0n) is 17.1. The maximum Gasteiger partial charge on any atom is 0.417 e. The standard InChI is InChI=1S/C22H18ClN5O4S/c23-15-8-6-13(7-9-15)18-11-19(14-4-5-14)28-21(27-18)20(12-25-28)32-22(29)26-16-2-1-3-17(10-16)33(24,30)31/h1-3,6-12,14H,4-5H2,(H,26,29)(H2,24,30,31). The molecule has 0 saturated heterocycles. The zero-order chi connectivity index (χ0) is 23.2. The molecule has 0 atom stereocenters. The summed E-state index contributed by atoms with van der Waals surface area (Å²) in [4.78, 5) is 17.1. The summed E-state index contributed by atoms with van der Waals surface area (Å²) in [6.07, 6.45) is 2.72. The van der Waals surface area contributed by atoms with Crippen molar-refractivity contribution < 1.29 is 17.9 Å². The van der Waals surface area contributed by atoms with Crippen molar-refractivity contribution in [2.45, 2.75) is 23.7 Å². The van der Waals surface area contributed by atoms with Gasteiger partial charge in [-0.25, -0.2) is 27.9 Å². The molecule has 168 valence electrons. The monoisotopic (exact) mass is 483 g/mol. The van der Waals surface area contributed by atoms with Crippen molar-refractivity contribution in [3.63, 3.8) is 0 Å². The van der Waals surface area contributed by atoms with E-state index in [0.717, 1.165) is 24.1 Å². The molecule has 1 saturated carbocycles. The van der Waals surface area contributed by atoms with Crippen LogP contribution in [0.2, 0.25) is 5.02 Å². The van der Waals surface area contributed by atoms with E-state index < -0.39 is 16.1 Å². The van der Waals surface area contributed by atoms with Crippen LogP contribution in [-0.4, -0.2) is 29.1 Å². The predicted molar refractivity (Wildman–Crippen MR) is 123 cm³/mol. The lowest BCUT2D eigenvalue weighted by molar-refractivity contribution is 0.215. The van der Waals surface area contributed by atoms with Crippen molar-refractivity contribution in [3.05, 3.63) is 71.5 Å². The van der Waals surface area contributed by atoms with Crippen molar-refractivity contribution in [3.8, 4) is 17.0 Å². The van der Waals surface area contributed by atoms with Gasteiger partial charge in [-0.15, -0.1) is 0 Å². The molecule has 1 aliphatic rings. The second kappa shape index (κ2) is 8.14. The summed E-state index contributed by atoms with van der Waals surface area (Å²) in [6.45, 7) is 0. The van der Waals surface area contributed by atoms with E-state index in [1.54, 1.807) is 16.6 Å². The molecule has 2 aromatic heterocycles. The summed E-state index contributed by atoms with van der Waals surface area (Å²) < 4.78 is 30.2. The smallest absolute Gasteiger partial charge is 0.404 e. The lowest BCUT2D eigenvalue weighted by Crippen LogP contribution is -2.18. The van der Waals surface area contributed by atoms with Crippen LogP contribution in [0, 0.1) is 0 Å². The highest BCUT2D eigenvalue weighted by Crippen LogP contribution is 2.41. The number of hydrogen-bond donors (Lipinski definition) is 2. The van der Waals surface area contributed by atoms with Gasteiger partial charge in [-0.05, 0) is 49.2 Å².